The van der Waals surface area contributed by atoms with Crippen molar-refractivity contribution in [1.29, 1.82) is 0 Å². The van der Waals surface area contributed by atoms with E-state index in [2.05, 4.69) is 15.4 Å². The lowest BCUT2D eigenvalue weighted by Gasteiger charge is -2.08. The summed E-state index contributed by atoms with van der Waals surface area (Å²) in [5.74, 6) is 1.27. The molecule has 1 aliphatic carbocycles. The lowest BCUT2D eigenvalue weighted by Crippen LogP contribution is -2.14. The molecular weight excluding hydrogens is 390 g/mol. The number of carbonyl (C=O) groups excluding carboxylic acids is 1. The molecule has 3 N–H and O–H groups in total. The van der Waals surface area contributed by atoms with Crippen molar-refractivity contribution in [1.82, 2.24) is 14.6 Å². The molecule has 0 radical (unpaired) electrons. The van der Waals surface area contributed by atoms with E-state index in [1.54, 1.807) is 4.52 Å². The number of amides is 1. The maximum Gasteiger partial charge on any atom is 0.249 e. The highest BCUT2D eigenvalue weighted by atomic mass is 16.5. The Kier molecular flexibility index (Phi) is 5.09. The molecule has 0 unspecified atom stereocenters. The summed E-state index contributed by atoms with van der Waals surface area (Å²) in [6, 6.07) is 21.8. The van der Waals surface area contributed by atoms with E-state index in [-0.39, 0.29) is 11.8 Å². The first-order chi connectivity index (χ1) is 15.2. The van der Waals surface area contributed by atoms with Crippen LogP contribution in [0.15, 0.2) is 66.7 Å². The molecule has 156 valence electrons. The van der Waals surface area contributed by atoms with Crippen molar-refractivity contribution >= 4 is 17.5 Å². The van der Waals surface area contributed by atoms with Gasteiger partial charge in [-0.1, -0.05) is 42.5 Å². The molecule has 0 saturated heterocycles. The van der Waals surface area contributed by atoms with Gasteiger partial charge in [0.15, 0.2) is 5.65 Å². The quantitative estimate of drug-likeness (QED) is 0.481. The fraction of sp³-hybridized carbons (Fsp3) is 0.208. The molecule has 5 rings (SSSR count). The Hall–Kier alpha value is -3.71. The standard InChI is InChI=1S/C24H23N5O2/c25-14-16-6-12-20(13-7-16)31-15-17-4-8-18(9-5-17)21-2-1-3-22-26-24(28-29(21)22)27-23(30)19-10-11-19/h1-9,12-13,19H,10-11,14-15,25H2,(H,27,28,30). The minimum absolute atomic E-state index is 0.000485. The van der Waals surface area contributed by atoms with Gasteiger partial charge < -0.3 is 10.5 Å². The molecule has 0 atom stereocenters. The van der Waals surface area contributed by atoms with Crippen LogP contribution in [0.2, 0.25) is 0 Å². The molecule has 7 nitrogen and oxygen atoms in total. The number of benzene rings is 2. The largest absolute Gasteiger partial charge is 0.489 e. The van der Waals surface area contributed by atoms with Crippen LogP contribution in [0.25, 0.3) is 16.9 Å². The van der Waals surface area contributed by atoms with E-state index in [0.29, 0.717) is 24.7 Å². The third-order valence-electron chi connectivity index (χ3n) is 5.36. The fourth-order valence-electron chi connectivity index (χ4n) is 3.39. The molecule has 2 aromatic heterocycles. The summed E-state index contributed by atoms with van der Waals surface area (Å²) in [6.45, 7) is 1.00. The summed E-state index contributed by atoms with van der Waals surface area (Å²) in [7, 11) is 0. The number of hydrogen-bond donors (Lipinski definition) is 2. The minimum Gasteiger partial charge on any atom is -0.489 e. The van der Waals surface area contributed by atoms with Gasteiger partial charge in [0.25, 0.3) is 0 Å². The van der Waals surface area contributed by atoms with Gasteiger partial charge in [-0.05, 0) is 48.2 Å². The number of nitrogens with two attached hydrogens (primary N) is 1. The van der Waals surface area contributed by atoms with Gasteiger partial charge >= 0.3 is 0 Å². The Labute approximate surface area is 179 Å². The van der Waals surface area contributed by atoms with Gasteiger partial charge in [-0.15, -0.1) is 5.10 Å². The Morgan fingerprint density at radius 2 is 1.77 bits per heavy atom. The zero-order chi connectivity index (χ0) is 21.2. The van der Waals surface area contributed by atoms with Gasteiger partial charge in [-0.2, -0.15) is 4.98 Å². The van der Waals surface area contributed by atoms with E-state index in [1.807, 2.05) is 66.7 Å². The predicted molar refractivity (Wildman–Crippen MR) is 118 cm³/mol. The molecule has 7 heteroatoms. The highest BCUT2D eigenvalue weighted by Gasteiger charge is 2.30. The molecule has 0 spiro atoms. The van der Waals surface area contributed by atoms with Crippen molar-refractivity contribution in [2.24, 2.45) is 11.7 Å². The van der Waals surface area contributed by atoms with Gasteiger partial charge in [-0.3, -0.25) is 10.1 Å². The third kappa shape index (κ3) is 4.27. The molecule has 4 aromatic rings. The molecule has 1 aliphatic rings. The monoisotopic (exact) mass is 413 g/mol. The zero-order valence-corrected chi connectivity index (χ0v) is 17.0. The number of rotatable bonds is 7. The number of aromatic nitrogens is 3. The van der Waals surface area contributed by atoms with Crippen LogP contribution in [0.4, 0.5) is 5.95 Å². The highest BCUT2D eigenvalue weighted by Crippen LogP contribution is 2.30. The van der Waals surface area contributed by atoms with E-state index >= 15 is 0 Å². The van der Waals surface area contributed by atoms with Crippen molar-refractivity contribution in [2.75, 3.05) is 5.32 Å². The van der Waals surface area contributed by atoms with Gasteiger partial charge in [-0.25, -0.2) is 4.52 Å². The number of nitrogens with one attached hydrogen (secondary N) is 1. The van der Waals surface area contributed by atoms with E-state index in [1.165, 1.54) is 0 Å². The first-order valence-electron chi connectivity index (χ1n) is 10.4. The summed E-state index contributed by atoms with van der Waals surface area (Å²) in [4.78, 5) is 16.5. The van der Waals surface area contributed by atoms with Gasteiger partial charge in [0.2, 0.25) is 11.9 Å². The van der Waals surface area contributed by atoms with Crippen molar-refractivity contribution in [3.63, 3.8) is 0 Å². The van der Waals surface area contributed by atoms with E-state index in [9.17, 15) is 4.79 Å². The summed E-state index contributed by atoms with van der Waals surface area (Å²) >= 11 is 0. The van der Waals surface area contributed by atoms with Crippen LogP contribution in [0, 0.1) is 5.92 Å². The maximum absolute atomic E-state index is 12.0. The molecule has 31 heavy (non-hydrogen) atoms. The molecule has 0 bridgehead atoms. The van der Waals surface area contributed by atoms with E-state index < -0.39 is 0 Å². The van der Waals surface area contributed by atoms with Crippen molar-refractivity contribution < 1.29 is 9.53 Å². The number of nitrogens with zero attached hydrogens (tertiary/aromatic N) is 3. The predicted octanol–water partition coefficient (Wildman–Crippen LogP) is 3.78. The van der Waals surface area contributed by atoms with Crippen LogP contribution >= 0.6 is 0 Å². The average molecular weight is 413 g/mol. The number of pyridine rings is 1. The van der Waals surface area contributed by atoms with Gasteiger partial charge in [0, 0.05) is 18.0 Å². The molecule has 1 fully saturated rings. The number of ether oxygens (including phenoxy) is 1. The van der Waals surface area contributed by atoms with E-state index in [0.717, 1.165) is 41.0 Å². The molecule has 0 aliphatic heterocycles. The van der Waals surface area contributed by atoms with Crippen LogP contribution in [-0.2, 0) is 17.9 Å². The Bertz CT molecular complexity index is 1210. The Morgan fingerprint density at radius 3 is 2.48 bits per heavy atom. The van der Waals surface area contributed by atoms with Crippen molar-refractivity contribution in [3.8, 4) is 17.0 Å². The van der Waals surface area contributed by atoms with Gasteiger partial charge in [0.1, 0.15) is 12.4 Å². The summed E-state index contributed by atoms with van der Waals surface area (Å²) in [6.07, 6.45) is 1.89. The van der Waals surface area contributed by atoms with E-state index in [4.69, 9.17) is 10.5 Å². The summed E-state index contributed by atoms with van der Waals surface area (Å²) < 4.78 is 7.62. The lowest BCUT2D eigenvalue weighted by molar-refractivity contribution is -0.117. The first-order valence-corrected chi connectivity index (χ1v) is 10.4. The third-order valence-corrected chi connectivity index (χ3v) is 5.36. The molecule has 2 heterocycles. The maximum atomic E-state index is 12.0. The number of anilines is 1. The van der Waals surface area contributed by atoms with Gasteiger partial charge in [0.05, 0.1) is 5.69 Å². The average Bonchev–Trinajstić information content (AvgIpc) is 3.58. The normalized spacial score (nSPS) is 13.3. The second kappa shape index (κ2) is 8.20. The molecule has 2 aromatic carbocycles. The second-order valence-corrected chi connectivity index (χ2v) is 7.71. The first kappa shape index (κ1) is 19.3. The number of hydrogen-bond acceptors (Lipinski definition) is 5. The zero-order valence-electron chi connectivity index (χ0n) is 17.0. The lowest BCUT2D eigenvalue weighted by atomic mass is 10.1. The van der Waals surface area contributed by atoms with Crippen LogP contribution in [0.5, 0.6) is 5.75 Å². The topological polar surface area (TPSA) is 94.5 Å². The summed E-state index contributed by atoms with van der Waals surface area (Å²) in [5.41, 5.74) is 10.4. The minimum atomic E-state index is -0.000485. The fourth-order valence-corrected chi connectivity index (χ4v) is 3.39. The van der Waals surface area contributed by atoms with Crippen LogP contribution in [-0.4, -0.2) is 20.5 Å². The second-order valence-electron chi connectivity index (χ2n) is 7.71. The Morgan fingerprint density at radius 1 is 1.03 bits per heavy atom. The smallest absolute Gasteiger partial charge is 0.249 e. The highest BCUT2D eigenvalue weighted by molar-refractivity contribution is 5.92. The van der Waals surface area contributed by atoms with Crippen molar-refractivity contribution in [3.05, 3.63) is 77.9 Å². The molecular formula is C24H23N5O2. The van der Waals surface area contributed by atoms with Crippen LogP contribution in [0.1, 0.15) is 24.0 Å². The molecule has 1 saturated carbocycles. The SMILES string of the molecule is NCc1ccc(OCc2ccc(-c3cccc4nc(NC(=O)C5CC5)nn34)cc2)cc1. The van der Waals surface area contributed by atoms with Crippen LogP contribution in [0.3, 0.4) is 0 Å². The Balaban J connectivity index is 1.31. The summed E-state index contributed by atoms with van der Waals surface area (Å²) in [5, 5.41) is 7.31. The van der Waals surface area contributed by atoms with Crippen LogP contribution < -0.4 is 15.8 Å². The number of fused-ring (bicyclic) bond motifs is 1. The molecule has 1 amide bonds. The van der Waals surface area contributed by atoms with Crippen molar-refractivity contribution in [2.45, 2.75) is 26.0 Å². The number of carbonyl (C=O) groups is 1.